The molecule has 23 heavy (non-hydrogen) atoms. The minimum absolute atomic E-state index is 0.00348. The predicted molar refractivity (Wildman–Crippen MR) is 89.4 cm³/mol. The zero-order valence-corrected chi connectivity index (χ0v) is 13.4. The summed E-state index contributed by atoms with van der Waals surface area (Å²) in [5, 5.41) is 3.95. The van der Waals surface area contributed by atoms with Crippen molar-refractivity contribution < 1.29 is 4.79 Å². The van der Waals surface area contributed by atoms with Crippen molar-refractivity contribution >= 4 is 16.9 Å². The third kappa shape index (κ3) is 2.11. The van der Waals surface area contributed by atoms with Crippen molar-refractivity contribution in [2.75, 3.05) is 6.54 Å². The monoisotopic (exact) mass is 306 g/mol. The van der Waals surface area contributed by atoms with E-state index in [1.165, 1.54) is 0 Å². The van der Waals surface area contributed by atoms with Gasteiger partial charge in [-0.1, -0.05) is 19.9 Å². The number of fused-ring (bicyclic) bond motifs is 2. The molecule has 0 unspecified atom stereocenters. The van der Waals surface area contributed by atoms with Crippen molar-refractivity contribution in [1.29, 1.82) is 0 Å². The fourth-order valence-corrected chi connectivity index (χ4v) is 3.20. The third-order valence-electron chi connectivity index (χ3n) is 4.55. The van der Waals surface area contributed by atoms with Gasteiger partial charge in [0.15, 0.2) is 0 Å². The molecule has 1 aliphatic rings. The molecule has 0 spiro atoms. The van der Waals surface area contributed by atoms with Crippen LogP contribution in [0.4, 0.5) is 0 Å². The second kappa shape index (κ2) is 4.65. The van der Waals surface area contributed by atoms with Gasteiger partial charge in [0.2, 0.25) is 0 Å². The number of H-pyrrole nitrogens is 1. The van der Waals surface area contributed by atoms with Crippen molar-refractivity contribution in [2.24, 2.45) is 0 Å². The fourth-order valence-electron chi connectivity index (χ4n) is 3.20. The minimum Gasteiger partial charge on any atom is -0.351 e. The number of nitrogens with one attached hydrogen (secondary N) is 2. The van der Waals surface area contributed by atoms with Gasteiger partial charge < -0.3 is 10.3 Å². The highest BCUT2D eigenvalue weighted by molar-refractivity contribution is 5.99. The molecule has 0 bridgehead atoms. The van der Waals surface area contributed by atoms with Gasteiger partial charge in [0.25, 0.3) is 5.91 Å². The molecule has 0 saturated carbocycles. The van der Waals surface area contributed by atoms with Gasteiger partial charge in [0, 0.05) is 40.9 Å². The highest BCUT2D eigenvalue weighted by Crippen LogP contribution is 2.35. The number of carbonyl (C=O) groups excluding carboxylic acids is 1. The van der Waals surface area contributed by atoms with Crippen molar-refractivity contribution in [3.8, 4) is 11.1 Å². The molecule has 2 aromatic heterocycles. The van der Waals surface area contributed by atoms with Crippen LogP contribution in [0.1, 0.15) is 35.6 Å². The SMILES string of the molecule is Cc1ncc2c(-c3ccc4c(c3)C(C)(C)CNC4=O)c[nH]c2n1. The predicted octanol–water partition coefficient (Wildman–Crippen LogP) is 2.95. The standard InChI is InChI=1S/C18H18N4O/c1-10-19-8-14-13(7-20-16(14)22-10)11-4-5-12-15(6-11)18(2,3)9-21-17(12)23/h4-8H,9H2,1-3H3,(H,21,23)(H,19,20,22). The first-order valence-corrected chi connectivity index (χ1v) is 7.69. The molecule has 0 aliphatic carbocycles. The molecular formula is C18H18N4O. The van der Waals surface area contributed by atoms with E-state index >= 15 is 0 Å². The number of aromatic amines is 1. The second-order valence-electron chi connectivity index (χ2n) is 6.71. The van der Waals surface area contributed by atoms with Gasteiger partial charge in [0.05, 0.1) is 0 Å². The molecule has 0 saturated heterocycles. The van der Waals surface area contributed by atoms with Gasteiger partial charge >= 0.3 is 0 Å². The molecule has 0 fully saturated rings. The summed E-state index contributed by atoms with van der Waals surface area (Å²) < 4.78 is 0. The maximum Gasteiger partial charge on any atom is 0.251 e. The number of nitrogens with zero attached hydrogens (tertiary/aromatic N) is 2. The number of aryl methyl sites for hydroxylation is 1. The van der Waals surface area contributed by atoms with E-state index < -0.39 is 0 Å². The number of rotatable bonds is 1. The van der Waals surface area contributed by atoms with Gasteiger partial charge in [-0.2, -0.15) is 0 Å². The molecule has 1 aliphatic heterocycles. The summed E-state index contributed by atoms with van der Waals surface area (Å²) in [6, 6.07) is 6.02. The summed E-state index contributed by atoms with van der Waals surface area (Å²) in [5.74, 6) is 0.748. The van der Waals surface area contributed by atoms with Crippen LogP contribution in [0.3, 0.4) is 0 Å². The van der Waals surface area contributed by atoms with Crippen molar-refractivity contribution in [1.82, 2.24) is 20.3 Å². The highest BCUT2D eigenvalue weighted by atomic mass is 16.1. The van der Waals surface area contributed by atoms with Crippen LogP contribution in [-0.4, -0.2) is 27.4 Å². The average molecular weight is 306 g/mol. The van der Waals surface area contributed by atoms with Crippen LogP contribution < -0.4 is 5.32 Å². The van der Waals surface area contributed by atoms with Gasteiger partial charge in [-0.3, -0.25) is 4.79 Å². The van der Waals surface area contributed by atoms with Crippen molar-refractivity contribution in [3.05, 3.63) is 47.5 Å². The Labute approximate surface area is 134 Å². The van der Waals surface area contributed by atoms with Gasteiger partial charge in [-0.25, -0.2) is 9.97 Å². The lowest BCUT2D eigenvalue weighted by atomic mass is 9.78. The topological polar surface area (TPSA) is 70.7 Å². The first-order valence-electron chi connectivity index (χ1n) is 7.69. The van der Waals surface area contributed by atoms with Crippen molar-refractivity contribution in [2.45, 2.75) is 26.2 Å². The number of benzene rings is 1. The maximum absolute atomic E-state index is 12.1. The Morgan fingerprint density at radius 2 is 2.04 bits per heavy atom. The van der Waals surface area contributed by atoms with E-state index in [4.69, 9.17) is 0 Å². The highest BCUT2D eigenvalue weighted by Gasteiger charge is 2.31. The first-order chi connectivity index (χ1) is 11.0. The number of amides is 1. The van der Waals surface area contributed by atoms with Crippen LogP contribution in [0.5, 0.6) is 0 Å². The Kier molecular flexibility index (Phi) is 2.82. The summed E-state index contributed by atoms with van der Waals surface area (Å²) in [4.78, 5) is 24.0. The molecular weight excluding hydrogens is 288 g/mol. The zero-order chi connectivity index (χ0) is 16.2. The Morgan fingerprint density at radius 3 is 2.87 bits per heavy atom. The van der Waals surface area contributed by atoms with E-state index in [-0.39, 0.29) is 11.3 Å². The van der Waals surface area contributed by atoms with Crippen LogP contribution in [0.15, 0.2) is 30.6 Å². The number of aromatic nitrogens is 3. The molecule has 1 amide bonds. The first kappa shape index (κ1) is 13.9. The lowest BCUT2D eigenvalue weighted by molar-refractivity contribution is 0.0930. The van der Waals surface area contributed by atoms with E-state index in [0.29, 0.717) is 6.54 Å². The Bertz CT molecular complexity index is 939. The molecule has 2 N–H and O–H groups in total. The lowest BCUT2D eigenvalue weighted by Crippen LogP contribution is -2.43. The molecule has 5 nitrogen and oxygen atoms in total. The number of hydrogen-bond acceptors (Lipinski definition) is 3. The van der Waals surface area contributed by atoms with E-state index in [2.05, 4.69) is 40.2 Å². The summed E-state index contributed by atoms with van der Waals surface area (Å²) in [7, 11) is 0. The Hall–Kier alpha value is -2.69. The number of carbonyl (C=O) groups is 1. The normalized spacial score (nSPS) is 16.2. The summed E-state index contributed by atoms with van der Waals surface area (Å²) >= 11 is 0. The van der Waals surface area contributed by atoms with E-state index in [1.807, 2.05) is 31.5 Å². The maximum atomic E-state index is 12.1. The molecule has 0 atom stereocenters. The van der Waals surface area contributed by atoms with Crippen LogP contribution in [0.2, 0.25) is 0 Å². The van der Waals surface area contributed by atoms with Crippen LogP contribution in [0.25, 0.3) is 22.2 Å². The van der Waals surface area contributed by atoms with Gasteiger partial charge in [-0.15, -0.1) is 0 Å². The summed E-state index contributed by atoms with van der Waals surface area (Å²) in [5.41, 5.74) is 4.73. The van der Waals surface area contributed by atoms with E-state index in [9.17, 15) is 4.79 Å². The zero-order valence-electron chi connectivity index (χ0n) is 13.4. The van der Waals surface area contributed by atoms with E-state index in [0.717, 1.165) is 39.1 Å². The molecule has 5 heteroatoms. The molecule has 3 aromatic rings. The van der Waals surface area contributed by atoms with Crippen LogP contribution in [-0.2, 0) is 5.41 Å². The smallest absolute Gasteiger partial charge is 0.251 e. The molecule has 3 heterocycles. The second-order valence-corrected chi connectivity index (χ2v) is 6.71. The quantitative estimate of drug-likeness (QED) is 0.726. The van der Waals surface area contributed by atoms with E-state index in [1.54, 1.807) is 0 Å². The number of hydrogen-bond donors (Lipinski definition) is 2. The summed E-state index contributed by atoms with van der Waals surface area (Å²) in [6.45, 7) is 6.83. The fraction of sp³-hybridized carbons (Fsp3) is 0.278. The average Bonchev–Trinajstić information content (AvgIpc) is 2.94. The molecule has 116 valence electrons. The minimum atomic E-state index is -0.0849. The molecule has 1 aromatic carbocycles. The largest absolute Gasteiger partial charge is 0.351 e. The Balaban J connectivity index is 1.91. The third-order valence-corrected chi connectivity index (χ3v) is 4.55. The lowest BCUT2D eigenvalue weighted by Gasteiger charge is -2.32. The Morgan fingerprint density at radius 1 is 1.22 bits per heavy atom. The molecule has 0 radical (unpaired) electrons. The van der Waals surface area contributed by atoms with Gasteiger partial charge in [-0.05, 0) is 30.2 Å². The molecule has 4 rings (SSSR count). The van der Waals surface area contributed by atoms with Crippen molar-refractivity contribution in [3.63, 3.8) is 0 Å². The summed E-state index contributed by atoms with van der Waals surface area (Å²) in [6.07, 6.45) is 3.80. The van der Waals surface area contributed by atoms with Crippen LogP contribution in [0, 0.1) is 6.92 Å². The van der Waals surface area contributed by atoms with Crippen LogP contribution >= 0.6 is 0 Å². The van der Waals surface area contributed by atoms with Gasteiger partial charge in [0.1, 0.15) is 11.5 Å².